The molecular weight excluding hydrogens is 301 g/mol. The van der Waals surface area contributed by atoms with Gasteiger partial charge < -0.3 is 9.84 Å². The molecule has 1 aromatic rings. The van der Waals surface area contributed by atoms with Gasteiger partial charge in [0.1, 0.15) is 5.82 Å². The fourth-order valence-electron chi connectivity index (χ4n) is 2.27. The minimum atomic E-state index is -4.07. The third-order valence-electron chi connectivity index (χ3n) is 3.33. The fourth-order valence-corrected chi connectivity index (χ4v) is 3.97. The zero-order valence-electron chi connectivity index (χ0n) is 11.5. The molecule has 2 rings (SSSR count). The number of esters is 1. The van der Waals surface area contributed by atoms with Crippen LogP contribution in [-0.2, 0) is 14.8 Å². The van der Waals surface area contributed by atoms with Crippen molar-refractivity contribution in [3.63, 3.8) is 0 Å². The lowest BCUT2D eigenvalue weighted by Crippen LogP contribution is -2.42. The van der Waals surface area contributed by atoms with Crippen molar-refractivity contribution in [2.45, 2.75) is 23.8 Å². The van der Waals surface area contributed by atoms with Gasteiger partial charge in [0, 0.05) is 13.1 Å². The molecule has 0 radical (unpaired) electrons. The van der Waals surface area contributed by atoms with E-state index in [0.29, 0.717) is 12.8 Å². The van der Waals surface area contributed by atoms with E-state index in [4.69, 9.17) is 0 Å². The number of hydrogen-bond donors (Lipinski definition) is 1. The molecule has 1 saturated heterocycles. The molecule has 1 heterocycles. The third-order valence-corrected chi connectivity index (χ3v) is 5.23. The Morgan fingerprint density at radius 3 is 2.81 bits per heavy atom. The number of nitrogens with zero attached hydrogens (tertiary/aromatic N) is 1. The van der Waals surface area contributed by atoms with E-state index in [9.17, 15) is 22.7 Å². The summed E-state index contributed by atoms with van der Waals surface area (Å²) in [6.45, 7) is 0.149. The molecule has 1 atom stereocenters. The molecule has 8 heteroatoms. The van der Waals surface area contributed by atoms with Crippen LogP contribution in [0.5, 0.6) is 0 Å². The van der Waals surface area contributed by atoms with Gasteiger partial charge in [-0.2, -0.15) is 4.31 Å². The molecule has 0 spiro atoms. The Hall–Kier alpha value is -1.51. The molecule has 6 nitrogen and oxygen atoms in total. The van der Waals surface area contributed by atoms with Crippen molar-refractivity contribution in [2.75, 3.05) is 20.2 Å². The quantitative estimate of drug-likeness (QED) is 0.832. The van der Waals surface area contributed by atoms with Gasteiger partial charge in [0.15, 0.2) is 0 Å². The first-order valence-corrected chi connectivity index (χ1v) is 7.86. The summed E-state index contributed by atoms with van der Waals surface area (Å²) in [4.78, 5) is 11.2. The second-order valence-electron chi connectivity index (χ2n) is 4.79. The van der Waals surface area contributed by atoms with Crippen molar-refractivity contribution in [3.8, 4) is 0 Å². The maximum Gasteiger partial charge on any atom is 0.339 e. The number of sulfonamides is 1. The van der Waals surface area contributed by atoms with Crippen molar-refractivity contribution in [1.29, 1.82) is 0 Å². The van der Waals surface area contributed by atoms with E-state index in [2.05, 4.69) is 4.74 Å². The van der Waals surface area contributed by atoms with Crippen LogP contribution in [0.15, 0.2) is 23.1 Å². The number of ether oxygens (including phenoxy) is 1. The molecule has 1 aromatic carbocycles. The predicted octanol–water partition coefficient (Wildman–Crippen LogP) is 0.758. The Morgan fingerprint density at radius 2 is 2.19 bits per heavy atom. The molecule has 0 saturated carbocycles. The minimum absolute atomic E-state index is 0.0700. The van der Waals surface area contributed by atoms with Crippen molar-refractivity contribution >= 4 is 16.0 Å². The normalized spacial score (nSPS) is 20.2. The topological polar surface area (TPSA) is 83.9 Å². The van der Waals surface area contributed by atoms with Crippen LogP contribution in [0, 0.1) is 5.82 Å². The summed E-state index contributed by atoms with van der Waals surface area (Å²) < 4.78 is 44.1. The number of piperidine rings is 1. The number of methoxy groups -OCH3 is 1. The first-order valence-electron chi connectivity index (χ1n) is 6.42. The van der Waals surface area contributed by atoms with E-state index in [1.54, 1.807) is 0 Å². The molecule has 1 aliphatic heterocycles. The lowest BCUT2D eigenvalue weighted by Gasteiger charge is -2.29. The second-order valence-corrected chi connectivity index (χ2v) is 6.70. The Morgan fingerprint density at radius 1 is 1.48 bits per heavy atom. The summed E-state index contributed by atoms with van der Waals surface area (Å²) in [5.74, 6) is -1.62. The Kier molecular flexibility index (Phi) is 4.60. The monoisotopic (exact) mass is 317 g/mol. The van der Waals surface area contributed by atoms with Crippen molar-refractivity contribution in [1.82, 2.24) is 4.31 Å². The van der Waals surface area contributed by atoms with E-state index in [1.165, 1.54) is 0 Å². The smallest absolute Gasteiger partial charge is 0.339 e. The minimum Gasteiger partial charge on any atom is -0.465 e. The van der Waals surface area contributed by atoms with Gasteiger partial charge in [0.05, 0.1) is 23.7 Å². The van der Waals surface area contributed by atoms with Gasteiger partial charge in [-0.1, -0.05) is 0 Å². The summed E-state index contributed by atoms with van der Waals surface area (Å²) in [5.41, 5.74) is -0.223. The number of carbonyl (C=O) groups is 1. The highest BCUT2D eigenvalue weighted by Crippen LogP contribution is 2.25. The average molecular weight is 317 g/mol. The van der Waals surface area contributed by atoms with Crippen molar-refractivity contribution in [2.24, 2.45) is 0 Å². The predicted molar refractivity (Wildman–Crippen MR) is 71.7 cm³/mol. The fraction of sp³-hybridized carbons (Fsp3) is 0.462. The van der Waals surface area contributed by atoms with Gasteiger partial charge in [0.2, 0.25) is 10.0 Å². The number of aliphatic hydroxyl groups excluding tert-OH is 1. The molecule has 0 aliphatic carbocycles. The van der Waals surface area contributed by atoms with Crippen molar-refractivity contribution < 1.29 is 27.4 Å². The Labute approximate surface area is 122 Å². The number of benzene rings is 1. The highest BCUT2D eigenvalue weighted by atomic mass is 32.2. The maximum absolute atomic E-state index is 13.4. The summed E-state index contributed by atoms with van der Waals surface area (Å²) >= 11 is 0. The molecule has 0 aromatic heterocycles. The zero-order valence-corrected chi connectivity index (χ0v) is 12.3. The first-order chi connectivity index (χ1) is 9.86. The van der Waals surface area contributed by atoms with Gasteiger partial charge in [0.25, 0.3) is 0 Å². The summed E-state index contributed by atoms with van der Waals surface area (Å²) in [7, 11) is -2.95. The van der Waals surface area contributed by atoms with Gasteiger partial charge in [-0.25, -0.2) is 17.6 Å². The van der Waals surface area contributed by atoms with E-state index < -0.39 is 32.8 Å². The van der Waals surface area contributed by atoms with Gasteiger partial charge in [-0.3, -0.25) is 0 Å². The van der Waals surface area contributed by atoms with E-state index in [-0.39, 0.29) is 18.7 Å². The molecule has 21 heavy (non-hydrogen) atoms. The molecule has 1 fully saturated rings. The number of halogens is 1. The summed E-state index contributed by atoms with van der Waals surface area (Å²) in [6.07, 6.45) is 0.256. The average Bonchev–Trinajstić information content (AvgIpc) is 2.46. The van der Waals surface area contributed by atoms with Crippen LogP contribution in [0.4, 0.5) is 4.39 Å². The molecular formula is C13H16FNO5S. The lowest BCUT2D eigenvalue weighted by atomic mass is 10.1. The molecule has 1 N–H and O–H groups in total. The third kappa shape index (κ3) is 3.22. The standard InChI is InChI=1S/C13H16FNO5S/c1-20-13(17)11-5-4-9(14)7-12(11)21(18,19)15-6-2-3-10(16)8-15/h4-5,7,10,16H,2-3,6,8H2,1H3. The molecule has 1 aliphatic rings. The van der Waals surface area contributed by atoms with Crippen LogP contribution in [0.25, 0.3) is 0 Å². The van der Waals surface area contributed by atoms with Gasteiger partial charge in [-0.05, 0) is 31.0 Å². The molecule has 116 valence electrons. The lowest BCUT2D eigenvalue weighted by molar-refractivity contribution is 0.0596. The number of β-amino-alcohol motifs (C(OH)–C–C–N with tert-alkyl or cyclic N) is 1. The largest absolute Gasteiger partial charge is 0.465 e. The van der Waals surface area contributed by atoms with Crippen LogP contribution >= 0.6 is 0 Å². The Balaban J connectivity index is 2.48. The molecule has 0 amide bonds. The van der Waals surface area contributed by atoms with E-state index in [1.807, 2.05) is 0 Å². The summed E-state index contributed by atoms with van der Waals surface area (Å²) in [6, 6.07) is 2.87. The number of aliphatic hydroxyl groups is 1. The highest BCUT2D eigenvalue weighted by molar-refractivity contribution is 7.89. The van der Waals surface area contributed by atoms with Crippen LogP contribution in [0.3, 0.4) is 0 Å². The maximum atomic E-state index is 13.4. The van der Waals surface area contributed by atoms with Crippen molar-refractivity contribution in [3.05, 3.63) is 29.6 Å². The Bertz CT molecular complexity index is 646. The number of carbonyl (C=O) groups excluding carboxylic acids is 1. The van der Waals surface area contributed by atoms with Gasteiger partial charge in [-0.15, -0.1) is 0 Å². The van der Waals surface area contributed by atoms with Crippen LogP contribution in [0.2, 0.25) is 0 Å². The summed E-state index contributed by atoms with van der Waals surface area (Å²) in [5, 5.41) is 9.60. The van der Waals surface area contributed by atoms with Crippen LogP contribution in [0.1, 0.15) is 23.2 Å². The molecule has 0 bridgehead atoms. The zero-order chi connectivity index (χ0) is 15.6. The van der Waals surface area contributed by atoms with Gasteiger partial charge >= 0.3 is 5.97 Å². The number of hydrogen-bond acceptors (Lipinski definition) is 5. The van der Waals surface area contributed by atoms with E-state index >= 15 is 0 Å². The van der Waals surface area contributed by atoms with E-state index in [0.717, 1.165) is 29.6 Å². The number of rotatable bonds is 3. The van der Waals surface area contributed by atoms with Crippen LogP contribution in [-0.4, -0.2) is 50.1 Å². The molecule has 1 unspecified atom stereocenters. The first kappa shape index (κ1) is 15.9. The van der Waals surface area contributed by atoms with Crippen LogP contribution < -0.4 is 0 Å². The second kappa shape index (κ2) is 6.08. The SMILES string of the molecule is COC(=O)c1ccc(F)cc1S(=O)(=O)N1CCCC(O)C1. The highest BCUT2D eigenvalue weighted by Gasteiger charge is 2.33.